The summed E-state index contributed by atoms with van der Waals surface area (Å²) in [5.74, 6) is 1.33. The van der Waals surface area contributed by atoms with Crippen molar-refractivity contribution in [2.24, 2.45) is 0 Å². The number of furan rings is 1. The Kier molecular flexibility index (Phi) is 5.29. The van der Waals surface area contributed by atoms with E-state index in [1.807, 2.05) is 26.1 Å². The van der Waals surface area contributed by atoms with Gasteiger partial charge in [-0.3, -0.25) is 9.48 Å². The summed E-state index contributed by atoms with van der Waals surface area (Å²) in [7, 11) is 0. The summed E-state index contributed by atoms with van der Waals surface area (Å²) in [6.07, 6.45) is 3.58. The van der Waals surface area contributed by atoms with Gasteiger partial charge in [-0.15, -0.1) is 0 Å². The van der Waals surface area contributed by atoms with Crippen molar-refractivity contribution in [2.75, 3.05) is 26.2 Å². The minimum atomic E-state index is -0.105. The van der Waals surface area contributed by atoms with Crippen LogP contribution in [0.2, 0.25) is 0 Å². The molecule has 3 amide bonds. The van der Waals surface area contributed by atoms with Crippen molar-refractivity contribution in [3.63, 3.8) is 0 Å². The molecule has 3 heterocycles. The summed E-state index contributed by atoms with van der Waals surface area (Å²) < 4.78 is 7.23. The van der Waals surface area contributed by atoms with Gasteiger partial charge in [-0.25, -0.2) is 4.79 Å². The molecule has 0 spiro atoms. The maximum atomic E-state index is 12.6. The Morgan fingerprint density at radius 3 is 2.50 bits per heavy atom. The molecule has 26 heavy (non-hydrogen) atoms. The summed E-state index contributed by atoms with van der Waals surface area (Å²) in [5, 5.41) is 7.13. The Hall–Kier alpha value is -2.77. The molecule has 2 aromatic rings. The lowest BCUT2D eigenvalue weighted by Gasteiger charge is -2.35. The molecule has 0 aromatic carbocycles. The summed E-state index contributed by atoms with van der Waals surface area (Å²) in [6, 6.07) is 3.49. The predicted octanol–water partition coefficient (Wildman–Crippen LogP) is 1.65. The van der Waals surface area contributed by atoms with Crippen molar-refractivity contribution in [3.8, 4) is 0 Å². The van der Waals surface area contributed by atoms with Crippen LogP contribution in [0.4, 0.5) is 4.79 Å². The Bertz CT molecular complexity index is 760. The van der Waals surface area contributed by atoms with Gasteiger partial charge in [-0.05, 0) is 32.9 Å². The van der Waals surface area contributed by atoms with E-state index in [1.54, 1.807) is 33.7 Å². The number of aromatic nitrogens is 2. The molecule has 1 unspecified atom stereocenters. The second kappa shape index (κ2) is 7.63. The molecule has 0 aliphatic carbocycles. The minimum absolute atomic E-state index is 0.0291. The number of rotatable bonds is 4. The SMILES string of the molecule is Cc1cc(C(=O)N2CCN(C(=O)NC(C)Cn3cccn3)CC2)c(C)o1. The summed E-state index contributed by atoms with van der Waals surface area (Å²) in [6.45, 7) is 8.26. The maximum absolute atomic E-state index is 12.6. The standard InChI is InChI=1S/C18H25N5O3/c1-13(12-23-6-4-5-19-23)20-18(25)22-9-7-21(8-10-22)17(24)16-11-14(2)26-15(16)3/h4-6,11,13H,7-10,12H2,1-3H3,(H,20,25). The van der Waals surface area contributed by atoms with Crippen LogP contribution < -0.4 is 5.32 Å². The molecule has 1 atom stereocenters. The highest BCUT2D eigenvalue weighted by atomic mass is 16.3. The average molecular weight is 359 g/mol. The molecule has 3 rings (SSSR count). The van der Waals surface area contributed by atoms with Crippen molar-refractivity contribution in [3.05, 3.63) is 41.6 Å². The van der Waals surface area contributed by atoms with Crippen molar-refractivity contribution in [2.45, 2.75) is 33.4 Å². The molecule has 1 N–H and O–H groups in total. The van der Waals surface area contributed by atoms with Crippen LogP contribution in [0, 0.1) is 13.8 Å². The van der Waals surface area contributed by atoms with Crippen molar-refractivity contribution < 1.29 is 14.0 Å². The lowest BCUT2D eigenvalue weighted by Crippen LogP contribution is -2.54. The molecule has 1 aliphatic heterocycles. The Morgan fingerprint density at radius 2 is 1.92 bits per heavy atom. The van der Waals surface area contributed by atoms with Gasteiger partial charge in [-0.1, -0.05) is 0 Å². The molecule has 0 saturated carbocycles. The average Bonchev–Trinajstić information content (AvgIpc) is 3.23. The topological polar surface area (TPSA) is 83.6 Å². The van der Waals surface area contributed by atoms with E-state index in [1.165, 1.54) is 0 Å². The molecule has 1 fully saturated rings. The van der Waals surface area contributed by atoms with Gasteiger partial charge in [0.15, 0.2) is 0 Å². The molecule has 2 aromatic heterocycles. The van der Waals surface area contributed by atoms with E-state index >= 15 is 0 Å². The first-order valence-corrected chi connectivity index (χ1v) is 8.83. The number of hydrogen-bond acceptors (Lipinski definition) is 4. The second-order valence-corrected chi connectivity index (χ2v) is 6.68. The Morgan fingerprint density at radius 1 is 1.23 bits per heavy atom. The fourth-order valence-electron chi connectivity index (χ4n) is 3.16. The maximum Gasteiger partial charge on any atom is 0.317 e. The lowest BCUT2D eigenvalue weighted by molar-refractivity contribution is 0.0661. The number of carbonyl (C=O) groups excluding carboxylic acids is 2. The van der Waals surface area contributed by atoms with Gasteiger partial charge in [0, 0.05) is 44.6 Å². The van der Waals surface area contributed by atoms with Gasteiger partial charge in [0.05, 0.1) is 12.1 Å². The molecule has 140 valence electrons. The molecular weight excluding hydrogens is 334 g/mol. The third-order valence-corrected chi connectivity index (χ3v) is 4.52. The summed E-state index contributed by atoms with van der Waals surface area (Å²) >= 11 is 0. The fraction of sp³-hybridized carbons (Fsp3) is 0.500. The lowest BCUT2D eigenvalue weighted by atomic mass is 10.2. The van der Waals surface area contributed by atoms with Gasteiger partial charge in [0.2, 0.25) is 0 Å². The van der Waals surface area contributed by atoms with E-state index in [0.717, 1.165) is 5.76 Å². The van der Waals surface area contributed by atoms with Crippen molar-refractivity contribution >= 4 is 11.9 Å². The number of hydrogen-bond donors (Lipinski definition) is 1. The number of nitrogens with zero attached hydrogens (tertiary/aromatic N) is 4. The number of amides is 3. The first kappa shape index (κ1) is 18.0. The van der Waals surface area contributed by atoms with Gasteiger partial charge < -0.3 is 19.5 Å². The summed E-state index contributed by atoms with van der Waals surface area (Å²) in [5.41, 5.74) is 0.605. The van der Waals surface area contributed by atoms with Crippen LogP contribution in [-0.2, 0) is 6.54 Å². The minimum Gasteiger partial charge on any atom is -0.466 e. The highest BCUT2D eigenvalue weighted by Crippen LogP contribution is 2.17. The van der Waals surface area contributed by atoms with E-state index in [4.69, 9.17) is 4.42 Å². The van der Waals surface area contributed by atoms with E-state index in [9.17, 15) is 9.59 Å². The second-order valence-electron chi connectivity index (χ2n) is 6.68. The van der Waals surface area contributed by atoms with E-state index in [-0.39, 0.29) is 18.0 Å². The van der Waals surface area contributed by atoms with Gasteiger partial charge >= 0.3 is 6.03 Å². The zero-order chi connectivity index (χ0) is 18.7. The largest absolute Gasteiger partial charge is 0.466 e. The molecule has 1 saturated heterocycles. The van der Waals surface area contributed by atoms with Crippen LogP contribution in [-0.4, -0.2) is 63.7 Å². The number of urea groups is 1. The van der Waals surface area contributed by atoms with Crippen molar-refractivity contribution in [1.82, 2.24) is 24.9 Å². The molecule has 8 heteroatoms. The normalized spacial score (nSPS) is 15.8. The van der Waals surface area contributed by atoms with Gasteiger partial charge in [0.1, 0.15) is 11.5 Å². The van der Waals surface area contributed by atoms with Gasteiger partial charge in [-0.2, -0.15) is 5.10 Å². The van der Waals surface area contributed by atoms with E-state index < -0.39 is 0 Å². The van der Waals surface area contributed by atoms with Gasteiger partial charge in [0.25, 0.3) is 5.91 Å². The number of carbonyl (C=O) groups is 2. The van der Waals surface area contributed by atoms with Crippen LogP contribution >= 0.6 is 0 Å². The van der Waals surface area contributed by atoms with E-state index in [2.05, 4.69) is 10.4 Å². The van der Waals surface area contributed by atoms with Crippen molar-refractivity contribution in [1.29, 1.82) is 0 Å². The third kappa shape index (κ3) is 4.07. The molecular formula is C18H25N5O3. The van der Waals surface area contributed by atoms with Crippen LogP contribution in [0.3, 0.4) is 0 Å². The highest BCUT2D eigenvalue weighted by Gasteiger charge is 2.27. The van der Waals surface area contributed by atoms with E-state index in [0.29, 0.717) is 44.0 Å². The molecule has 0 bridgehead atoms. The third-order valence-electron chi connectivity index (χ3n) is 4.52. The number of aryl methyl sites for hydroxylation is 2. The zero-order valence-corrected chi connectivity index (χ0v) is 15.4. The zero-order valence-electron chi connectivity index (χ0n) is 15.4. The fourth-order valence-corrected chi connectivity index (χ4v) is 3.16. The summed E-state index contributed by atoms with van der Waals surface area (Å²) in [4.78, 5) is 28.5. The molecule has 8 nitrogen and oxygen atoms in total. The first-order chi connectivity index (χ1) is 12.4. The first-order valence-electron chi connectivity index (χ1n) is 8.83. The van der Waals surface area contributed by atoms with Crippen LogP contribution in [0.1, 0.15) is 28.8 Å². The van der Waals surface area contributed by atoms with Crippen LogP contribution in [0.25, 0.3) is 0 Å². The van der Waals surface area contributed by atoms with Crippen LogP contribution in [0.5, 0.6) is 0 Å². The predicted molar refractivity (Wildman–Crippen MR) is 95.9 cm³/mol. The molecule has 0 radical (unpaired) electrons. The monoisotopic (exact) mass is 359 g/mol. The Labute approximate surface area is 152 Å². The quantitative estimate of drug-likeness (QED) is 0.900. The number of piperazine rings is 1. The highest BCUT2D eigenvalue weighted by molar-refractivity contribution is 5.95. The number of nitrogens with one attached hydrogen (secondary N) is 1. The smallest absolute Gasteiger partial charge is 0.317 e. The molecule has 1 aliphatic rings. The Balaban J connectivity index is 1.49. The van der Waals surface area contributed by atoms with Crippen LogP contribution in [0.15, 0.2) is 28.9 Å².